The van der Waals surface area contributed by atoms with Crippen molar-refractivity contribution in [3.8, 4) is 5.75 Å². The van der Waals surface area contributed by atoms with Gasteiger partial charge in [0.1, 0.15) is 5.75 Å². The molecule has 0 saturated heterocycles. The highest BCUT2D eigenvalue weighted by molar-refractivity contribution is 9.10. The average molecular weight is 301 g/mol. The third-order valence-electron chi connectivity index (χ3n) is 3.05. The third kappa shape index (κ3) is 4.32. The molecule has 0 aliphatic carbocycles. The van der Waals surface area contributed by atoms with Gasteiger partial charge in [0.2, 0.25) is 0 Å². The SMILES string of the molecule is CCC(CC)COc1cc(Br)ccc1[C@H](C)O. The molecule has 1 rings (SSSR count). The van der Waals surface area contributed by atoms with Crippen LogP contribution in [0.2, 0.25) is 0 Å². The van der Waals surface area contributed by atoms with Gasteiger partial charge in [0.25, 0.3) is 0 Å². The van der Waals surface area contributed by atoms with Crippen LogP contribution in [-0.4, -0.2) is 11.7 Å². The molecular formula is C14H21BrO2. The summed E-state index contributed by atoms with van der Waals surface area (Å²) in [5, 5.41) is 9.68. The molecular weight excluding hydrogens is 280 g/mol. The van der Waals surface area contributed by atoms with Gasteiger partial charge in [-0.15, -0.1) is 0 Å². The Kier molecular flexibility index (Phi) is 6.00. The van der Waals surface area contributed by atoms with Crippen molar-refractivity contribution >= 4 is 15.9 Å². The Hall–Kier alpha value is -0.540. The van der Waals surface area contributed by atoms with Gasteiger partial charge in [0.05, 0.1) is 12.7 Å². The highest BCUT2D eigenvalue weighted by Gasteiger charge is 2.11. The first-order valence-electron chi connectivity index (χ1n) is 6.18. The molecule has 17 heavy (non-hydrogen) atoms. The maximum atomic E-state index is 9.68. The molecule has 0 aliphatic rings. The number of benzene rings is 1. The van der Waals surface area contributed by atoms with Gasteiger partial charge < -0.3 is 9.84 Å². The quantitative estimate of drug-likeness (QED) is 0.848. The molecule has 1 atom stereocenters. The molecule has 0 unspecified atom stereocenters. The van der Waals surface area contributed by atoms with E-state index in [0.29, 0.717) is 12.5 Å². The topological polar surface area (TPSA) is 29.5 Å². The van der Waals surface area contributed by atoms with E-state index in [-0.39, 0.29) is 0 Å². The summed E-state index contributed by atoms with van der Waals surface area (Å²) in [4.78, 5) is 0. The van der Waals surface area contributed by atoms with Gasteiger partial charge in [-0.1, -0.05) is 48.7 Å². The number of hydrogen-bond acceptors (Lipinski definition) is 2. The number of halogens is 1. The average Bonchev–Trinajstić information content (AvgIpc) is 2.30. The predicted octanol–water partition coefficient (Wildman–Crippen LogP) is 4.32. The third-order valence-corrected chi connectivity index (χ3v) is 3.55. The lowest BCUT2D eigenvalue weighted by atomic mass is 10.1. The molecule has 1 aromatic carbocycles. The molecule has 0 radical (unpaired) electrons. The van der Waals surface area contributed by atoms with Crippen LogP contribution in [0, 0.1) is 5.92 Å². The normalized spacial score (nSPS) is 12.8. The van der Waals surface area contributed by atoms with E-state index < -0.39 is 6.10 Å². The zero-order valence-electron chi connectivity index (χ0n) is 10.7. The van der Waals surface area contributed by atoms with Crippen LogP contribution >= 0.6 is 15.9 Å². The van der Waals surface area contributed by atoms with Crippen molar-refractivity contribution in [1.82, 2.24) is 0 Å². The summed E-state index contributed by atoms with van der Waals surface area (Å²) in [5.41, 5.74) is 0.846. The Bertz CT molecular complexity index is 346. The minimum Gasteiger partial charge on any atom is -0.493 e. The summed E-state index contributed by atoms with van der Waals surface area (Å²) in [6.07, 6.45) is 1.74. The number of hydrogen-bond donors (Lipinski definition) is 1. The summed E-state index contributed by atoms with van der Waals surface area (Å²) in [5.74, 6) is 1.36. The van der Waals surface area contributed by atoms with Gasteiger partial charge in [-0.25, -0.2) is 0 Å². The summed E-state index contributed by atoms with van der Waals surface area (Å²) < 4.78 is 6.81. The highest BCUT2D eigenvalue weighted by Crippen LogP contribution is 2.29. The zero-order chi connectivity index (χ0) is 12.8. The fraction of sp³-hybridized carbons (Fsp3) is 0.571. The molecule has 0 heterocycles. The minimum atomic E-state index is -0.500. The Morgan fingerprint density at radius 1 is 1.29 bits per heavy atom. The molecule has 1 aromatic rings. The smallest absolute Gasteiger partial charge is 0.126 e. The molecule has 2 nitrogen and oxygen atoms in total. The number of rotatable bonds is 6. The van der Waals surface area contributed by atoms with E-state index in [1.807, 2.05) is 18.2 Å². The fourth-order valence-corrected chi connectivity index (χ4v) is 2.05. The summed E-state index contributed by atoms with van der Waals surface area (Å²) in [6, 6.07) is 5.74. The molecule has 96 valence electrons. The first-order chi connectivity index (χ1) is 8.08. The van der Waals surface area contributed by atoms with Crippen molar-refractivity contribution in [2.45, 2.75) is 39.7 Å². The van der Waals surface area contributed by atoms with Gasteiger partial charge in [-0.2, -0.15) is 0 Å². The standard InChI is InChI=1S/C14H21BrO2/c1-4-11(5-2)9-17-14-8-12(15)6-7-13(14)10(3)16/h6-8,10-11,16H,4-5,9H2,1-3H3/t10-/m0/s1. The van der Waals surface area contributed by atoms with Crippen LogP contribution in [0.3, 0.4) is 0 Å². The Labute approximate surface area is 112 Å². The second kappa shape index (κ2) is 7.02. The predicted molar refractivity (Wildman–Crippen MR) is 74.3 cm³/mol. The summed E-state index contributed by atoms with van der Waals surface area (Å²) in [6.45, 7) is 6.82. The van der Waals surface area contributed by atoms with Crippen LogP contribution in [0.1, 0.15) is 45.3 Å². The lowest BCUT2D eigenvalue weighted by molar-refractivity contribution is 0.184. The fourth-order valence-electron chi connectivity index (χ4n) is 1.71. The van der Waals surface area contributed by atoms with Crippen molar-refractivity contribution < 1.29 is 9.84 Å². The maximum Gasteiger partial charge on any atom is 0.126 e. The van der Waals surface area contributed by atoms with E-state index in [2.05, 4.69) is 29.8 Å². The van der Waals surface area contributed by atoms with Crippen LogP contribution in [0.15, 0.2) is 22.7 Å². The molecule has 3 heteroatoms. The first-order valence-corrected chi connectivity index (χ1v) is 6.98. The van der Waals surface area contributed by atoms with Crippen LogP contribution in [0.5, 0.6) is 5.75 Å². The summed E-state index contributed by atoms with van der Waals surface area (Å²) in [7, 11) is 0. The van der Waals surface area contributed by atoms with Crippen molar-refractivity contribution in [2.24, 2.45) is 5.92 Å². The van der Waals surface area contributed by atoms with Crippen molar-refractivity contribution in [3.05, 3.63) is 28.2 Å². The highest BCUT2D eigenvalue weighted by atomic mass is 79.9. The molecule has 0 bridgehead atoms. The maximum absolute atomic E-state index is 9.68. The Morgan fingerprint density at radius 3 is 2.47 bits per heavy atom. The molecule has 0 fully saturated rings. The van der Waals surface area contributed by atoms with E-state index in [9.17, 15) is 5.11 Å². The monoisotopic (exact) mass is 300 g/mol. The van der Waals surface area contributed by atoms with Crippen LogP contribution in [0.25, 0.3) is 0 Å². The van der Waals surface area contributed by atoms with Crippen molar-refractivity contribution in [1.29, 1.82) is 0 Å². The number of ether oxygens (including phenoxy) is 1. The lowest BCUT2D eigenvalue weighted by Gasteiger charge is -2.17. The summed E-state index contributed by atoms with van der Waals surface area (Å²) >= 11 is 3.42. The van der Waals surface area contributed by atoms with Crippen LogP contribution in [0.4, 0.5) is 0 Å². The lowest BCUT2D eigenvalue weighted by Crippen LogP contribution is -2.11. The van der Waals surface area contributed by atoms with Crippen LogP contribution < -0.4 is 4.74 Å². The number of aliphatic hydroxyl groups is 1. The molecule has 0 amide bonds. The van der Waals surface area contributed by atoms with Gasteiger partial charge in [0.15, 0.2) is 0 Å². The van der Waals surface area contributed by atoms with Gasteiger partial charge in [-0.3, -0.25) is 0 Å². The van der Waals surface area contributed by atoms with Gasteiger partial charge >= 0.3 is 0 Å². The Morgan fingerprint density at radius 2 is 1.94 bits per heavy atom. The minimum absolute atomic E-state index is 0.500. The van der Waals surface area contributed by atoms with Gasteiger partial charge in [0, 0.05) is 10.0 Å². The largest absolute Gasteiger partial charge is 0.493 e. The van der Waals surface area contributed by atoms with E-state index in [1.54, 1.807) is 6.92 Å². The van der Waals surface area contributed by atoms with E-state index in [1.165, 1.54) is 0 Å². The second-order valence-corrected chi connectivity index (χ2v) is 5.27. The van der Waals surface area contributed by atoms with E-state index in [0.717, 1.165) is 28.6 Å². The molecule has 0 saturated carbocycles. The van der Waals surface area contributed by atoms with Gasteiger partial charge in [-0.05, 0) is 25.0 Å². The van der Waals surface area contributed by atoms with Crippen LogP contribution in [-0.2, 0) is 0 Å². The number of aliphatic hydroxyl groups excluding tert-OH is 1. The second-order valence-electron chi connectivity index (χ2n) is 4.35. The van der Waals surface area contributed by atoms with E-state index in [4.69, 9.17) is 4.74 Å². The molecule has 0 aliphatic heterocycles. The molecule has 0 aromatic heterocycles. The Balaban J connectivity index is 2.78. The van der Waals surface area contributed by atoms with Crippen molar-refractivity contribution in [3.63, 3.8) is 0 Å². The molecule has 0 spiro atoms. The zero-order valence-corrected chi connectivity index (χ0v) is 12.3. The molecule has 1 N–H and O–H groups in total. The first kappa shape index (κ1) is 14.5. The van der Waals surface area contributed by atoms with E-state index >= 15 is 0 Å². The van der Waals surface area contributed by atoms with Crippen molar-refractivity contribution in [2.75, 3.05) is 6.61 Å².